The van der Waals surface area contributed by atoms with E-state index in [1.165, 1.54) is 37.2 Å². The van der Waals surface area contributed by atoms with Crippen molar-refractivity contribution in [3.8, 4) is 5.75 Å². The molecule has 0 aromatic heterocycles. The largest absolute Gasteiger partial charge is 0.393 e. The molecule has 0 saturated heterocycles. The van der Waals surface area contributed by atoms with Crippen molar-refractivity contribution in [1.82, 2.24) is 4.31 Å². The molecule has 1 spiro atoms. The fourth-order valence-corrected chi connectivity index (χ4v) is 6.80. The Morgan fingerprint density at radius 1 is 1.22 bits per heavy atom. The molecule has 6 heteroatoms. The molecule has 1 N–H and O–H groups in total. The second-order valence-corrected chi connectivity index (χ2v) is 10.9. The normalized spacial score (nSPS) is 36.8. The van der Waals surface area contributed by atoms with E-state index in [4.69, 9.17) is 4.18 Å². The van der Waals surface area contributed by atoms with E-state index in [1.54, 1.807) is 11.6 Å². The summed E-state index contributed by atoms with van der Waals surface area (Å²) in [7, 11) is -0.810. The first kappa shape index (κ1) is 17.7. The summed E-state index contributed by atoms with van der Waals surface area (Å²) in [6, 6.07) is 5.70. The molecule has 4 atom stereocenters. The van der Waals surface area contributed by atoms with Crippen molar-refractivity contribution < 1.29 is 17.7 Å². The summed E-state index contributed by atoms with van der Waals surface area (Å²) in [6.07, 6.45) is 5.99. The van der Waals surface area contributed by atoms with Gasteiger partial charge in [0.15, 0.2) is 0 Å². The van der Waals surface area contributed by atoms with Crippen LogP contribution in [0.1, 0.15) is 50.2 Å². The second-order valence-electron chi connectivity index (χ2n) is 9.14. The van der Waals surface area contributed by atoms with Gasteiger partial charge < -0.3 is 9.29 Å². The van der Waals surface area contributed by atoms with Crippen LogP contribution < -0.4 is 4.18 Å². The van der Waals surface area contributed by atoms with Crippen LogP contribution in [0, 0.1) is 16.7 Å². The number of nitrogens with zero attached hydrogens (tertiary/aromatic N) is 1. The standard InChI is InChI=1S/C21H27NO4S/c1-20-9-8-17-16-6-5-15(26-27(24,25)22(2)3)10-13(16)4-7-18(17)21(20)12-14(21)11-19(20)23/h5-6,10,14,19,23H,4,7-9,11-12H2,1-3H3/t14-,19+,20-,21+/m1/s1. The summed E-state index contributed by atoms with van der Waals surface area (Å²) in [4.78, 5) is 0. The minimum absolute atomic E-state index is 0.0385. The highest BCUT2D eigenvalue weighted by Crippen LogP contribution is 2.80. The Labute approximate surface area is 161 Å². The predicted molar refractivity (Wildman–Crippen MR) is 103 cm³/mol. The van der Waals surface area contributed by atoms with Gasteiger partial charge in [-0.3, -0.25) is 0 Å². The number of hydrogen-bond acceptors (Lipinski definition) is 4. The summed E-state index contributed by atoms with van der Waals surface area (Å²) < 4.78 is 30.3. The van der Waals surface area contributed by atoms with Crippen LogP contribution in [0.4, 0.5) is 0 Å². The Morgan fingerprint density at radius 3 is 2.74 bits per heavy atom. The van der Waals surface area contributed by atoms with Gasteiger partial charge >= 0.3 is 10.3 Å². The molecule has 4 aliphatic rings. The Bertz CT molecular complexity index is 966. The molecule has 146 valence electrons. The molecule has 1 aromatic rings. The van der Waals surface area contributed by atoms with Crippen molar-refractivity contribution in [2.24, 2.45) is 16.7 Å². The van der Waals surface area contributed by atoms with E-state index in [0.29, 0.717) is 11.7 Å². The quantitative estimate of drug-likeness (QED) is 0.862. The zero-order chi connectivity index (χ0) is 19.2. The lowest BCUT2D eigenvalue weighted by Crippen LogP contribution is -2.41. The molecule has 0 bridgehead atoms. The van der Waals surface area contributed by atoms with Crippen LogP contribution in [0.3, 0.4) is 0 Å². The molecule has 5 rings (SSSR count). The molecule has 5 nitrogen and oxygen atoms in total. The van der Waals surface area contributed by atoms with Gasteiger partial charge in [0.1, 0.15) is 5.75 Å². The van der Waals surface area contributed by atoms with E-state index in [9.17, 15) is 13.5 Å². The van der Waals surface area contributed by atoms with Crippen LogP contribution in [0.25, 0.3) is 5.57 Å². The fraction of sp³-hybridized carbons (Fsp3) is 0.619. The number of aryl methyl sites for hydroxylation is 1. The Hall–Kier alpha value is -1.37. The van der Waals surface area contributed by atoms with Gasteiger partial charge in [0, 0.05) is 24.9 Å². The van der Waals surface area contributed by atoms with Crippen LogP contribution in [0.2, 0.25) is 0 Å². The first-order chi connectivity index (χ1) is 12.7. The lowest BCUT2D eigenvalue weighted by atomic mass is 9.59. The van der Waals surface area contributed by atoms with Gasteiger partial charge in [-0.25, -0.2) is 0 Å². The summed E-state index contributed by atoms with van der Waals surface area (Å²) in [5.74, 6) is 1.03. The zero-order valence-electron chi connectivity index (χ0n) is 16.2. The molecule has 2 fully saturated rings. The van der Waals surface area contributed by atoms with Crippen molar-refractivity contribution >= 4 is 15.9 Å². The van der Waals surface area contributed by atoms with E-state index >= 15 is 0 Å². The van der Waals surface area contributed by atoms with Crippen molar-refractivity contribution in [2.45, 2.75) is 51.6 Å². The van der Waals surface area contributed by atoms with Crippen molar-refractivity contribution in [1.29, 1.82) is 0 Å². The number of aliphatic hydroxyl groups is 1. The molecule has 0 heterocycles. The number of allylic oxidation sites excluding steroid dienone is 2. The number of hydrogen-bond donors (Lipinski definition) is 1. The first-order valence-electron chi connectivity index (χ1n) is 9.85. The molecule has 27 heavy (non-hydrogen) atoms. The van der Waals surface area contributed by atoms with Crippen LogP contribution in [0.5, 0.6) is 5.75 Å². The molecular formula is C21H27NO4S. The van der Waals surface area contributed by atoms with Gasteiger partial charge in [-0.1, -0.05) is 18.6 Å². The minimum Gasteiger partial charge on any atom is -0.393 e. The van der Waals surface area contributed by atoms with E-state index in [2.05, 4.69) is 6.92 Å². The monoisotopic (exact) mass is 389 g/mol. The van der Waals surface area contributed by atoms with Gasteiger partial charge in [-0.05, 0) is 73.3 Å². The highest BCUT2D eigenvalue weighted by molar-refractivity contribution is 7.84. The second kappa shape index (κ2) is 5.37. The average Bonchev–Trinajstić information content (AvgIpc) is 3.26. The maximum absolute atomic E-state index is 12.0. The third-order valence-corrected chi connectivity index (χ3v) is 9.16. The van der Waals surface area contributed by atoms with Crippen LogP contribution >= 0.6 is 0 Å². The summed E-state index contributed by atoms with van der Waals surface area (Å²) in [5.41, 5.74) is 5.73. The molecule has 2 saturated carbocycles. The smallest absolute Gasteiger partial charge is 0.384 e. The molecule has 0 aliphatic heterocycles. The fourth-order valence-electron chi connectivity index (χ4n) is 6.30. The number of fused-ring (bicyclic) bond motifs is 2. The highest BCUT2D eigenvalue weighted by atomic mass is 32.2. The zero-order valence-corrected chi connectivity index (χ0v) is 17.0. The summed E-state index contributed by atoms with van der Waals surface area (Å²) in [5, 5.41) is 10.7. The van der Waals surface area contributed by atoms with Gasteiger partial charge in [0.2, 0.25) is 0 Å². The van der Waals surface area contributed by atoms with E-state index < -0.39 is 10.3 Å². The predicted octanol–water partition coefficient (Wildman–Crippen LogP) is 3.14. The van der Waals surface area contributed by atoms with Gasteiger partial charge in [0.25, 0.3) is 0 Å². The topological polar surface area (TPSA) is 66.8 Å². The van der Waals surface area contributed by atoms with Gasteiger partial charge in [-0.2, -0.15) is 12.7 Å². The van der Waals surface area contributed by atoms with Crippen molar-refractivity contribution in [3.05, 3.63) is 34.9 Å². The Kier molecular flexibility index (Phi) is 3.52. The Balaban J connectivity index is 1.53. The molecule has 0 radical (unpaired) electrons. The molecular weight excluding hydrogens is 362 g/mol. The van der Waals surface area contributed by atoms with E-state index in [1.807, 2.05) is 12.1 Å². The van der Waals surface area contributed by atoms with Gasteiger partial charge in [-0.15, -0.1) is 0 Å². The van der Waals surface area contributed by atoms with Crippen LogP contribution in [-0.4, -0.2) is 38.0 Å². The first-order valence-corrected chi connectivity index (χ1v) is 11.2. The maximum Gasteiger partial charge on any atom is 0.384 e. The van der Waals surface area contributed by atoms with E-state index in [0.717, 1.165) is 36.4 Å². The van der Waals surface area contributed by atoms with Crippen LogP contribution in [-0.2, 0) is 16.7 Å². The molecule has 0 unspecified atom stereocenters. The van der Waals surface area contributed by atoms with Gasteiger partial charge in [0.05, 0.1) is 6.10 Å². The lowest BCUT2D eigenvalue weighted by Gasteiger charge is -2.46. The summed E-state index contributed by atoms with van der Waals surface area (Å²) >= 11 is 0. The maximum atomic E-state index is 12.0. The SMILES string of the molecule is CN(C)S(=O)(=O)Oc1ccc2c(c1)CCC1=C2CC[C@]2(C)[C@@H](O)C[C@@H]3C[C@@]132. The van der Waals surface area contributed by atoms with Crippen LogP contribution in [0.15, 0.2) is 23.8 Å². The average molecular weight is 390 g/mol. The third-order valence-electron chi connectivity index (χ3n) is 7.86. The molecule has 4 aliphatic carbocycles. The molecule has 1 aromatic carbocycles. The third kappa shape index (κ3) is 2.21. The number of aliphatic hydroxyl groups excluding tert-OH is 1. The minimum atomic E-state index is -3.74. The number of benzene rings is 1. The Morgan fingerprint density at radius 2 is 2.00 bits per heavy atom. The summed E-state index contributed by atoms with van der Waals surface area (Å²) in [6.45, 7) is 2.30. The lowest BCUT2D eigenvalue weighted by molar-refractivity contribution is 0.0114. The van der Waals surface area contributed by atoms with E-state index in [-0.39, 0.29) is 16.9 Å². The highest BCUT2D eigenvalue weighted by Gasteiger charge is 2.74. The molecule has 0 amide bonds. The van der Waals surface area contributed by atoms with Crippen molar-refractivity contribution in [2.75, 3.05) is 14.1 Å². The number of rotatable bonds is 3. The van der Waals surface area contributed by atoms with Crippen molar-refractivity contribution in [3.63, 3.8) is 0 Å².